The molecule has 1 aromatic rings. The molecule has 0 saturated carbocycles. The van der Waals surface area contributed by atoms with Crippen molar-refractivity contribution in [1.82, 2.24) is 19.5 Å². The number of hydrogen-bond donors (Lipinski definition) is 1. The van der Waals surface area contributed by atoms with Gasteiger partial charge >= 0.3 is 0 Å². The van der Waals surface area contributed by atoms with Crippen molar-refractivity contribution in [2.24, 2.45) is 10.4 Å². The van der Waals surface area contributed by atoms with Crippen LogP contribution >= 0.6 is 24.0 Å². The topological polar surface area (TPSA) is 81.1 Å². The van der Waals surface area contributed by atoms with Crippen LogP contribution in [-0.4, -0.2) is 86.7 Å². The summed E-state index contributed by atoms with van der Waals surface area (Å²) in [6.07, 6.45) is 2.89. The van der Waals surface area contributed by atoms with Gasteiger partial charge in [-0.15, -0.1) is 24.0 Å². The van der Waals surface area contributed by atoms with Crippen LogP contribution < -0.4 is 10.2 Å². The first-order valence-corrected chi connectivity index (χ1v) is 12.1. The molecule has 0 unspecified atom stereocenters. The van der Waals surface area contributed by atoms with E-state index in [0.29, 0.717) is 26.2 Å². The highest BCUT2D eigenvalue weighted by atomic mass is 127. The van der Waals surface area contributed by atoms with Crippen LogP contribution in [0.1, 0.15) is 27.2 Å². The lowest BCUT2D eigenvalue weighted by molar-refractivity contribution is 0.370. The van der Waals surface area contributed by atoms with Gasteiger partial charge in [0.05, 0.1) is 12.3 Å². The Morgan fingerprint density at radius 1 is 1.20 bits per heavy atom. The Morgan fingerprint density at radius 3 is 2.50 bits per heavy atom. The average molecular weight is 551 g/mol. The summed E-state index contributed by atoms with van der Waals surface area (Å²) in [5, 5.41) is 3.31. The van der Waals surface area contributed by atoms with Gasteiger partial charge < -0.3 is 15.1 Å². The molecule has 0 amide bonds. The zero-order valence-corrected chi connectivity index (χ0v) is 21.4. The summed E-state index contributed by atoms with van der Waals surface area (Å²) in [6, 6.07) is 5.79. The van der Waals surface area contributed by atoms with Gasteiger partial charge in [-0.1, -0.05) is 19.9 Å². The number of rotatable bonds is 6. The number of aromatic nitrogens is 1. The summed E-state index contributed by atoms with van der Waals surface area (Å²) >= 11 is 0. The number of aliphatic imine (C=N–C) groups is 1. The lowest BCUT2D eigenvalue weighted by atomic mass is 9.93. The highest BCUT2D eigenvalue weighted by molar-refractivity contribution is 14.0. The van der Waals surface area contributed by atoms with Crippen LogP contribution in [0.3, 0.4) is 0 Å². The third kappa shape index (κ3) is 6.68. The maximum absolute atomic E-state index is 12.8. The average Bonchev–Trinajstić information content (AvgIpc) is 3.08. The maximum Gasteiger partial charge on any atom is 0.216 e. The third-order valence-electron chi connectivity index (χ3n) is 5.53. The molecule has 0 radical (unpaired) electrons. The fourth-order valence-electron chi connectivity index (χ4n) is 3.85. The van der Waals surface area contributed by atoms with E-state index in [1.807, 2.05) is 25.1 Å². The van der Waals surface area contributed by atoms with Crippen LogP contribution in [0.25, 0.3) is 0 Å². The monoisotopic (exact) mass is 550 g/mol. The minimum absolute atomic E-state index is 0. The van der Waals surface area contributed by atoms with E-state index in [1.54, 1.807) is 10.5 Å². The van der Waals surface area contributed by atoms with E-state index in [1.165, 1.54) is 0 Å². The molecular formula is C20H35IN6O2S. The largest absolute Gasteiger partial charge is 0.357 e. The molecule has 0 atom stereocenters. The van der Waals surface area contributed by atoms with Crippen molar-refractivity contribution in [3.05, 3.63) is 24.4 Å². The first kappa shape index (κ1) is 25.1. The Hall–Kier alpha value is -1.14. The zero-order chi connectivity index (χ0) is 20.9. The second-order valence-electron chi connectivity index (χ2n) is 8.46. The minimum atomic E-state index is -3.31. The SMILES string of the molecule is CCNC(=NCCS(=O)(=O)N1CCN(c2ccccn2)CC1)N1CCC(C)(C)C1.I. The fraction of sp³-hybridized carbons (Fsp3) is 0.700. The van der Waals surface area contributed by atoms with Gasteiger partial charge in [-0.2, -0.15) is 4.31 Å². The lowest BCUT2D eigenvalue weighted by Crippen LogP contribution is -2.49. The molecule has 8 nitrogen and oxygen atoms in total. The van der Waals surface area contributed by atoms with E-state index in [-0.39, 0.29) is 41.7 Å². The van der Waals surface area contributed by atoms with Gasteiger partial charge in [0, 0.05) is 52.0 Å². The lowest BCUT2D eigenvalue weighted by Gasteiger charge is -2.34. The minimum Gasteiger partial charge on any atom is -0.357 e. The summed E-state index contributed by atoms with van der Waals surface area (Å²) in [6.45, 7) is 11.8. The van der Waals surface area contributed by atoms with Gasteiger partial charge in [0.15, 0.2) is 5.96 Å². The molecule has 10 heteroatoms. The third-order valence-corrected chi connectivity index (χ3v) is 7.38. The van der Waals surface area contributed by atoms with Crippen molar-refractivity contribution in [3.8, 4) is 0 Å². The van der Waals surface area contributed by atoms with E-state index in [0.717, 1.165) is 37.8 Å². The smallest absolute Gasteiger partial charge is 0.216 e. The highest BCUT2D eigenvalue weighted by Crippen LogP contribution is 2.28. The quantitative estimate of drug-likeness (QED) is 0.331. The molecule has 30 heavy (non-hydrogen) atoms. The fourth-order valence-corrected chi connectivity index (χ4v) is 5.15. The predicted octanol–water partition coefficient (Wildman–Crippen LogP) is 1.85. The van der Waals surface area contributed by atoms with Crippen LogP contribution in [0.5, 0.6) is 0 Å². The van der Waals surface area contributed by atoms with E-state index < -0.39 is 10.0 Å². The molecule has 3 heterocycles. The number of guanidine groups is 1. The number of anilines is 1. The predicted molar refractivity (Wildman–Crippen MR) is 133 cm³/mol. The summed E-state index contributed by atoms with van der Waals surface area (Å²) in [5.41, 5.74) is 0.273. The summed E-state index contributed by atoms with van der Waals surface area (Å²) in [4.78, 5) is 13.3. The van der Waals surface area contributed by atoms with E-state index in [2.05, 4.69) is 38.9 Å². The Balaban J connectivity index is 0.00000320. The molecule has 0 aromatic carbocycles. The van der Waals surface area contributed by atoms with Gasteiger partial charge in [0.25, 0.3) is 0 Å². The molecule has 0 aliphatic carbocycles. The molecule has 1 aromatic heterocycles. The number of piperazine rings is 1. The Kier molecular flexibility index (Phi) is 9.16. The molecule has 2 aliphatic heterocycles. The Morgan fingerprint density at radius 2 is 1.93 bits per heavy atom. The van der Waals surface area contributed by atoms with E-state index in [4.69, 9.17) is 0 Å². The van der Waals surface area contributed by atoms with Gasteiger partial charge in [0.1, 0.15) is 5.82 Å². The number of nitrogens with one attached hydrogen (secondary N) is 1. The molecule has 2 aliphatic rings. The number of nitrogens with zero attached hydrogens (tertiary/aromatic N) is 5. The second-order valence-corrected chi connectivity index (χ2v) is 10.5. The Bertz CT molecular complexity index is 795. The van der Waals surface area contributed by atoms with Crippen molar-refractivity contribution in [3.63, 3.8) is 0 Å². The Labute approximate surface area is 198 Å². The van der Waals surface area contributed by atoms with Crippen LogP contribution in [0.4, 0.5) is 5.82 Å². The second kappa shape index (κ2) is 10.9. The van der Waals surface area contributed by atoms with E-state index in [9.17, 15) is 8.42 Å². The summed E-state index contributed by atoms with van der Waals surface area (Å²) in [5.74, 6) is 1.77. The number of sulfonamides is 1. The molecule has 170 valence electrons. The van der Waals surface area contributed by atoms with Crippen LogP contribution in [0.2, 0.25) is 0 Å². The molecule has 1 N–H and O–H groups in total. The number of pyridine rings is 1. The van der Waals surface area contributed by atoms with Crippen LogP contribution in [-0.2, 0) is 10.0 Å². The van der Waals surface area contributed by atoms with Gasteiger partial charge in [-0.25, -0.2) is 13.4 Å². The number of likely N-dealkylation sites (tertiary alicyclic amines) is 1. The molecule has 2 saturated heterocycles. The zero-order valence-electron chi connectivity index (χ0n) is 18.2. The molecule has 3 rings (SSSR count). The first-order chi connectivity index (χ1) is 13.8. The molecular weight excluding hydrogens is 515 g/mol. The van der Waals surface area contributed by atoms with Crippen molar-refractivity contribution < 1.29 is 8.42 Å². The standard InChI is InChI=1S/C20H34N6O2S.HI/c1-4-21-19(25-11-8-20(2,3)17-25)23-10-16-29(27,28)26-14-12-24(13-15-26)18-7-5-6-9-22-18;/h5-7,9H,4,8,10-17H2,1-3H3,(H,21,23);1H. The first-order valence-electron chi connectivity index (χ1n) is 10.5. The van der Waals surface area contributed by atoms with Crippen molar-refractivity contribution in [2.75, 3.05) is 63.0 Å². The number of hydrogen-bond acceptors (Lipinski definition) is 5. The van der Waals surface area contributed by atoms with E-state index >= 15 is 0 Å². The van der Waals surface area contributed by atoms with Gasteiger partial charge in [-0.05, 0) is 30.9 Å². The van der Waals surface area contributed by atoms with Crippen molar-refractivity contribution in [1.29, 1.82) is 0 Å². The van der Waals surface area contributed by atoms with Crippen LogP contribution in [0, 0.1) is 5.41 Å². The molecule has 2 fully saturated rings. The van der Waals surface area contributed by atoms with Gasteiger partial charge in [0.2, 0.25) is 10.0 Å². The van der Waals surface area contributed by atoms with Gasteiger partial charge in [-0.3, -0.25) is 4.99 Å². The summed E-state index contributed by atoms with van der Waals surface area (Å²) in [7, 11) is -3.31. The molecule has 0 spiro atoms. The van der Waals surface area contributed by atoms with Crippen LogP contribution in [0.15, 0.2) is 29.4 Å². The number of halogens is 1. The highest BCUT2D eigenvalue weighted by Gasteiger charge is 2.31. The molecule has 0 bridgehead atoms. The van der Waals surface area contributed by atoms with Crippen molar-refractivity contribution >= 4 is 45.8 Å². The normalized spacial score (nSPS) is 20.2. The summed E-state index contributed by atoms with van der Waals surface area (Å²) < 4.78 is 27.2. The maximum atomic E-state index is 12.8. The van der Waals surface area contributed by atoms with Crippen molar-refractivity contribution in [2.45, 2.75) is 27.2 Å².